The van der Waals surface area contributed by atoms with Gasteiger partial charge in [0.05, 0.1) is 17.4 Å². The number of hydrogen-bond donors (Lipinski definition) is 1. The Labute approximate surface area is 122 Å². The van der Waals surface area contributed by atoms with Crippen LogP contribution in [-0.4, -0.2) is 19.7 Å². The highest BCUT2D eigenvalue weighted by molar-refractivity contribution is 9.10. The van der Waals surface area contributed by atoms with Crippen molar-refractivity contribution in [3.05, 3.63) is 35.2 Å². The number of nitrogens with zero attached hydrogens (tertiary/aromatic N) is 4. The lowest BCUT2D eigenvalue weighted by molar-refractivity contribution is 0.685. The Hall–Kier alpha value is -1.60. The third-order valence-electron chi connectivity index (χ3n) is 2.67. The lowest BCUT2D eigenvalue weighted by atomic mass is 10.2. The minimum absolute atomic E-state index is 0.638. The van der Waals surface area contributed by atoms with Gasteiger partial charge in [-0.1, -0.05) is 15.9 Å². The van der Waals surface area contributed by atoms with Crippen LogP contribution in [0.1, 0.15) is 0 Å². The van der Waals surface area contributed by atoms with Crippen molar-refractivity contribution in [3.63, 3.8) is 0 Å². The van der Waals surface area contributed by atoms with Gasteiger partial charge in [0.2, 0.25) is 0 Å². The Balaban J connectivity index is 2.18. The zero-order chi connectivity index (χ0) is 13.4. The van der Waals surface area contributed by atoms with Crippen LogP contribution in [0, 0.1) is 0 Å². The second-order valence-electron chi connectivity index (χ2n) is 3.97. The van der Waals surface area contributed by atoms with Crippen molar-refractivity contribution in [2.24, 2.45) is 7.05 Å². The summed E-state index contributed by atoms with van der Waals surface area (Å²) >= 11 is 4.96. The predicted octanol–water partition coefficient (Wildman–Crippen LogP) is 2.86. The first-order chi connectivity index (χ1) is 9.15. The van der Waals surface area contributed by atoms with Crippen LogP contribution >= 0.6 is 27.7 Å². The van der Waals surface area contributed by atoms with E-state index in [4.69, 9.17) is 5.73 Å². The van der Waals surface area contributed by atoms with E-state index in [1.165, 1.54) is 18.1 Å². The van der Waals surface area contributed by atoms with E-state index in [0.29, 0.717) is 5.69 Å². The molecular weight excluding hydrogens is 326 g/mol. The van der Waals surface area contributed by atoms with E-state index in [9.17, 15) is 0 Å². The minimum Gasteiger partial charge on any atom is -0.397 e. The van der Waals surface area contributed by atoms with Crippen LogP contribution in [0.4, 0.5) is 5.69 Å². The molecule has 0 saturated heterocycles. The number of pyridine rings is 1. The van der Waals surface area contributed by atoms with Crippen LogP contribution in [0.5, 0.6) is 0 Å². The highest BCUT2D eigenvalue weighted by Gasteiger charge is 2.12. The van der Waals surface area contributed by atoms with Gasteiger partial charge in [-0.2, -0.15) is 5.10 Å². The largest absolute Gasteiger partial charge is 0.397 e. The van der Waals surface area contributed by atoms with Gasteiger partial charge in [-0.25, -0.2) is 9.67 Å². The third-order valence-corrected chi connectivity index (χ3v) is 4.38. The molecule has 7 heteroatoms. The van der Waals surface area contributed by atoms with Crippen molar-refractivity contribution in [2.75, 3.05) is 5.73 Å². The summed E-state index contributed by atoms with van der Waals surface area (Å²) in [6.45, 7) is 0. The van der Waals surface area contributed by atoms with Crippen molar-refractivity contribution in [1.29, 1.82) is 0 Å². The van der Waals surface area contributed by atoms with Crippen molar-refractivity contribution < 1.29 is 0 Å². The maximum Gasteiger partial charge on any atom is 0.190 e. The lowest BCUT2D eigenvalue weighted by Gasteiger charge is -2.08. The fraction of sp³-hybridized carbons (Fsp3) is 0.0833. The molecule has 3 aromatic rings. The average Bonchev–Trinajstić information content (AvgIpc) is 2.79. The molecule has 0 saturated carbocycles. The van der Waals surface area contributed by atoms with Crippen molar-refractivity contribution in [3.8, 4) is 0 Å². The minimum atomic E-state index is 0.638. The number of hydrogen-bond acceptors (Lipinski definition) is 5. The molecule has 3 rings (SSSR count). The molecule has 0 atom stereocenters. The van der Waals surface area contributed by atoms with Crippen LogP contribution in [0.3, 0.4) is 0 Å². The van der Waals surface area contributed by atoms with Gasteiger partial charge < -0.3 is 5.73 Å². The molecule has 2 aromatic heterocycles. The topological polar surface area (TPSA) is 69.6 Å². The highest BCUT2D eigenvalue weighted by Crippen LogP contribution is 2.36. The summed E-state index contributed by atoms with van der Waals surface area (Å²) in [5.41, 5.74) is 7.59. The summed E-state index contributed by atoms with van der Waals surface area (Å²) in [6, 6.07) is 5.93. The van der Waals surface area contributed by atoms with Gasteiger partial charge in [0.15, 0.2) is 5.16 Å². The van der Waals surface area contributed by atoms with E-state index in [1.54, 1.807) is 10.9 Å². The summed E-state index contributed by atoms with van der Waals surface area (Å²) < 4.78 is 2.71. The molecule has 0 fully saturated rings. The molecule has 0 bridgehead atoms. The van der Waals surface area contributed by atoms with Crippen molar-refractivity contribution >= 4 is 44.3 Å². The molecule has 0 unspecified atom stereocenters. The van der Waals surface area contributed by atoms with Gasteiger partial charge in [0.25, 0.3) is 0 Å². The highest BCUT2D eigenvalue weighted by atomic mass is 79.9. The molecule has 96 valence electrons. The van der Waals surface area contributed by atoms with E-state index < -0.39 is 0 Å². The number of nitrogens with two attached hydrogens (primary N) is 1. The summed E-state index contributed by atoms with van der Waals surface area (Å²) in [6.07, 6.45) is 3.20. The molecular formula is C12H10BrN5S. The van der Waals surface area contributed by atoms with Gasteiger partial charge in [0, 0.05) is 21.8 Å². The van der Waals surface area contributed by atoms with Crippen LogP contribution in [-0.2, 0) is 7.05 Å². The SMILES string of the molecule is Cn1ncnc1Sc1c(N)cnc2ccc(Br)cc12. The van der Waals surface area contributed by atoms with Gasteiger partial charge >= 0.3 is 0 Å². The van der Waals surface area contributed by atoms with Crippen LogP contribution in [0.15, 0.2) is 45.2 Å². The van der Waals surface area contributed by atoms with E-state index in [2.05, 4.69) is 31.0 Å². The Morgan fingerprint density at radius 3 is 2.89 bits per heavy atom. The molecule has 5 nitrogen and oxygen atoms in total. The van der Waals surface area contributed by atoms with Crippen LogP contribution < -0.4 is 5.73 Å². The number of fused-ring (bicyclic) bond motifs is 1. The normalized spacial score (nSPS) is 11.1. The van der Waals surface area contributed by atoms with E-state index >= 15 is 0 Å². The fourth-order valence-corrected chi connectivity index (χ4v) is 3.01. The van der Waals surface area contributed by atoms with Crippen LogP contribution in [0.2, 0.25) is 0 Å². The molecule has 2 heterocycles. The maximum absolute atomic E-state index is 6.05. The summed E-state index contributed by atoms with van der Waals surface area (Å²) in [7, 11) is 1.85. The quantitative estimate of drug-likeness (QED) is 0.779. The average molecular weight is 336 g/mol. The zero-order valence-corrected chi connectivity index (χ0v) is 12.4. The molecule has 2 N–H and O–H groups in total. The molecule has 0 spiro atoms. The van der Waals surface area contributed by atoms with Gasteiger partial charge in [-0.15, -0.1) is 0 Å². The zero-order valence-electron chi connectivity index (χ0n) is 10.0. The Kier molecular flexibility index (Phi) is 3.16. The second kappa shape index (κ2) is 4.82. The number of benzene rings is 1. The molecule has 0 amide bonds. The first-order valence-electron chi connectivity index (χ1n) is 5.51. The van der Waals surface area contributed by atoms with Gasteiger partial charge in [0.1, 0.15) is 6.33 Å². The number of halogens is 1. The molecule has 0 aliphatic carbocycles. The molecule has 0 aliphatic rings. The van der Waals surface area contributed by atoms with E-state index in [0.717, 1.165) is 25.4 Å². The van der Waals surface area contributed by atoms with Crippen LogP contribution in [0.25, 0.3) is 10.9 Å². The Bertz CT molecular complexity index is 750. The smallest absolute Gasteiger partial charge is 0.190 e. The van der Waals surface area contributed by atoms with Gasteiger partial charge in [-0.05, 0) is 30.0 Å². The number of rotatable bonds is 2. The Morgan fingerprint density at radius 2 is 2.16 bits per heavy atom. The summed E-state index contributed by atoms with van der Waals surface area (Å²) in [5.74, 6) is 0. The number of aromatic nitrogens is 4. The molecule has 0 radical (unpaired) electrons. The Morgan fingerprint density at radius 1 is 1.32 bits per heavy atom. The predicted molar refractivity (Wildman–Crippen MR) is 79.0 cm³/mol. The summed E-state index contributed by atoms with van der Waals surface area (Å²) in [5, 5.41) is 5.85. The fourth-order valence-electron chi connectivity index (χ4n) is 1.74. The van der Waals surface area contributed by atoms with Crippen molar-refractivity contribution in [1.82, 2.24) is 19.7 Å². The number of aryl methyl sites for hydroxylation is 1. The lowest BCUT2D eigenvalue weighted by Crippen LogP contribution is -1.96. The number of anilines is 1. The standard InChI is InChI=1S/C12H10BrN5S/c1-18-12(16-6-17-18)19-11-8-4-7(13)2-3-10(8)15-5-9(11)14/h2-6H,14H2,1H3. The molecule has 0 aliphatic heterocycles. The molecule has 19 heavy (non-hydrogen) atoms. The first kappa shape index (κ1) is 12.4. The molecule has 1 aromatic carbocycles. The van der Waals surface area contributed by atoms with Crippen molar-refractivity contribution in [2.45, 2.75) is 10.1 Å². The number of nitrogen functional groups attached to an aromatic ring is 1. The maximum atomic E-state index is 6.05. The van der Waals surface area contributed by atoms with E-state index in [-0.39, 0.29) is 0 Å². The van der Waals surface area contributed by atoms with Gasteiger partial charge in [-0.3, -0.25) is 4.98 Å². The third kappa shape index (κ3) is 2.31. The second-order valence-corrected chi connectivity index (χ2v) is 5.87. The monoisotopic (exact) mass is 335 g/mol. The summed E-state index contributed by atoms with van der Waals surface area (Å²) in [4.78, 5) is 9.49. The first-order valence-corrected chi connectivity index (χ1v) is 7.11. The van der Waals surface area contributed by atoms with E-state index in [1.807, 2.05) is 25.2 Å².